The Balaban J connectivity index is 2.12. The Hall–Kier alpha value is -0.610. The third-order valence-corrected chi connectivity index (χ3v) is 5.00. The van der Waals surface area contributed by atoms with Gasteiger partial charge in [0.25, 0.3) is 0 Å². The molecule has 20 heavy (non-hydrogen) atoms. The van der Waals surface area contributed by atoms with Crippen molar-refractivity contribution in [3.63, 3.8) is 0 Å². The van der Waals surface area contributed by atoms with E-state index >= 15 is 0 Å². The van der Waals surface area contributed by atoms with Crippen LogP contribution >= 0.6 is 0 Å². The number of ether oxygens (including phenoxy) is 1. The summed E-state index contributed by atoms with van der Waals surface area (Å²) in [5.41, 5.74) is 0.637. The number of carboxylic acid groups (broad SMARTS) is 1. The maximum absolute atomic E-state index is 11.3. The number of nitrogens with zero attached hydrogens (tertiary/aromatic N) is 1. The van der Waals surface area contributed by atoms with Crippen molar-refractivity contribution in [3.8, 4) is 0 Å². The van der Waals surface area contributed by atoms with Crippen LogP contribution in [0.3, 0.4) is 0 Å². The maximum Gasteiger partial charge on any atom is 0.310 e. The van der Waals surface area contributed by atoms with Gasteiger partial charge >= 0.3 is 5.97 Å². The molecular formula is C16H29NO3. The van der Waals surface area contributed by atoms with Crippen molar-refractivity contribution in [2.75, 3.05) is 20.3 Å². The molecular weight excluding hydrogens is 254 g/mol. The Morgan fingerprint density at radius 1 is 1.15 bits per heavy atom. The van der Waals surface area contributed by atoms with E-state index in [1.165, 1.54) is 6.42 Å². The van der Waals surface area contributed by atoms with Gasteiger partial charge in [-0.3, -0.25) is 9.69 Å². The summed E-state index contributed by atoms with van der Waals surface area (Å²) in [6.07, 6.45) is 3.50. The summed E-state index contributed by atoms with van der Waals surface area (Å²) < 4.78 is 5.42. The molecule has 1 aliphatic heterocycles. The number of carboxylic acids is 1. The monoisotopic (exact) mass is 283 g/mol. The second kappa shape index (κ2) is 5.30. The highest BCUT2D eigenvalue weighted by Crippen LogP contribution is 2.47. The van der Waals surface area contributed by atoms with Gasteiger partial charge in [-0.2, -0.15) is 0 Å². The first-order valence-corrected chi connectivity index (χ1v) is 7.64. The van der Waals surface area contributed by atoms with E-state index in [9.17, 15) is 9.90 Å². The lowest BCUT2D eigenvalue weighted by Gasteiger charge is -2.49. The Kier molecular flexibility index (Phi) is 4.18. The second-order valence-electron chi connectivity index (χ2n) is 8.28. The largest absolute Gasteiger partial charge is 0.481 e. The van der Waals surface area contributed by atoms with E-state index in [0.29, 0.717) is 30.1 Å². The fraction of sp³-hybridized carbons (Fsp3) is 0.938. The fourth-order valence-corrected chi connectivity index (χ4v) is 4.53. The molecule has 1 saturated heterocycles. The van der Waals surface area contributed by atoms with Crippen molar-refractivity contribution in [1.82, 2.24) is 4.90 Å². The number of carbonyl (C=O) groups is 1. The standard InChI is InChI=1S/C16H29NO3/c1-15(2)6-11(7-16(3,4)10-15)17(5)13-9-20-8-12(13)14(18)19/h11-13H,6-10H2,1-5H3,(H,18,19). The molecule has 0 spiro atoms. The molecule has 2 rings (SSSR count). The predicted molar refractivity (Wildman–Crippen MR) is 78.7 cm³/mol. The van der Waals surface area contributed by atoms with Gasteiger partial charge in [-0.15, -0.1) is 0 Å². The van der Waals surface area contributed by atoms with Crippen LogP contribution in [0.4, 0.5) is 0 Å². The summed E-state index contributed by atoms with van der Waals surface area (Å²) in [5, 5.41) is 9.33. The molecule has 1 N–H and O–H groups in total. The quantitative estimate of drug-likeness (QED) is 0.865. The molecule has 116 valence electrons. The van der Waals surface area contributed by atoms with Gasteiger partial charge < -0.3 is 9.84 Å². The van der Waals surface area contributed by atoms with Crippen LogP contribution in [0.25, 0.3) is 0 Å². The minimum absolute atomic E-state index is 0.0159. The van der Waals surface area contributed by atoms with Crippen LogP contribution in [0, 0.1) is 16.7 Å². The zero-order valence-electron chi connectivity index (χ0n) is 13.5. The minimum Gasteiger partial charge on any atom is -0.481 e. The fourth-order valence-electron chi connectivity index (χ4n) is 4.53. The van der Waals surface area contributed by atoms with Gasteiger partial charge in [0.15, 0.2) is 0 Å². The van der Waals surface area contributed by atoms with Gasteiger partial charge in [-0.05, 0) is 37.1 Å². The van der Waals surface area contributed by atoms with Crippen LogP contribution in [0.5, 0.6) is 0 Å². The third-order valence-electron chi connectivity index (χ3n) is 5.00. The summed E-state index contributed by atoms with van der Waals surface area (Å²) in [6, 6.07) is 0.462. The summed E-state index contributed by atoms with van der Waals surface area (Å²) >= 11 is 0. The van der Waals surface area contributed by atoms with E-state index in [-0.39, 0.29) is 12.0 Å². The number of likely N-dealkylation sites (N-methyl/N-ethyl adjacent to an activating group) is 1. The molecule has 0 aromatic rings. The zero-order valence-corrected chi connectivity index (χ0v) is 13.5. The average Bonchev–Trinajstić information content (AvgIpc) is 2.72. The molecule has 2 aliphatic rings. The van der Waals surface area contributed by atoms with Crippen molar-refractivity contribution < 1.29 is 14.6 Å². The number of aliphatic carboxylic acids is 1. The maximum atomic E-state index is 11.3. The molecule has 4 heteroatoms. The molecule has 4 nitrogen and oxygen atoms in total. The van der Waals surface area contributed by atoms with Crippen molar-refractivity contribution in [1.29, 1.82) is 0 Å². The van der Waals surface area contributed by atoms with Gasteiger partial charge in [0, 0.05) is 12.1 Å². The van der Waals surface area contributed by atoms with Gasteiger partial charge in [0.05, 0.1) is 19.1 Å². The first-order valence-electron chi connectivity index (χ1n) is 7.64. The van der Waals surface area contributed by atoms with Crippen molar-refractivity contribution in [2.45, 2.75) is 59.0 Å². The lowest BCUT2D eigenvalue weighted by atomic mass is 9.63. The molecule has 0 bridgehead atoms. The number of hydrogen-bond donors (Lipinski definition) is 1. The molecule has 1 heterocycles. The van der Waals surface area contributed by atoms with E-state index in [2.05, 4.69) is 39.6 Å². The molecule has 1 aliphatic carbocycles. The number of hydrogen-bond acceptors (Lipinski definition) is 3. The minimum atomic E-state index is -0.728. The summed E-state index contributed by atoms with van der Waals surface area (Å²) in [6.45, 7) is 10.2. The van der Waals surface area contributed by atoms with E-state index < -0.39 is 5.97 Å². The van der Waals surface area contributed by atoms with Crippen LogP contribution in [0.2, 0.25) is 0 Å². The summed E-state index contributed by atoms with van der Waals surface area (Å²) in [5.74, 6) is -1.11. The van der Waals surface area contributed by atoms with Crippen molar-refractivity contribution in [3.05, 3.63) is 0 Å². The first kappa shape index (κ1) is 15.8. The zero-order chi connectivity index (χ0) is 15.1. The Labute approximate surface area is 122 Å². The highest BCUT2D eigenvalue weighted by molar-refractivity contribution is 5.71. The Morgan fingerprint density at radius 2 is 1.70 bits per heavy atom. The lowest BCUT2D eigenvalue weighted by Crippen LogP contribution is -2.51. The molecule has 2 unspecified atom stereocenters. The molecule has 2 atom stereocenters. The highest BCUT2D eigenvalue weighted by atomic mass is 16.5. The third kappa shape index (κ3) is 3.34. The molecule has 0 radical (unpaired) electrons. The van der Waals surface area contributed by atoms with Crippen molar-refractivity contribution >= 4 is 5.97 Å². The van der Waals surface area contributed by atoms with Crippen LogP contribution in [0.1, 0.15) is 47.0 Å². The lowest BCUT2D eigenvalue weighted by molar-refractivity contribution is -0.143. The molecule has 1 saturated carbocycles. The van der Waals surface area contributed by atoms with E-state index in [4.69, 9.17) is 4.74 Å². The van der Waals surface area contributed by atoms with Gasteiger partial charge in [0.2, 0.25) is 0 Å². The normalized spacial score (nSPS) is 33.5. The average molecular weight is 283 g/mol. The van der Waals surface area contributed by atoms with Crippen LogP contribution in [-0.4, -0.2) is 48.3 Å². The molecule has 2 fully saturated rings. The molecule has 0 aromatic carbocycles. The topological polar surface area (TPSA) is 49.8 Å². The second-order valence-corrected chi connectivity index (χ2v) is 8.28. The molecule has 0 aromatic heterocycles. The van der Waals surface area contributed by atoms with Gasteiger partial charge in [-0.1, -0.05) is 27.7 Å². The van der Waals surface area contributed by atoms with Gasteiger partial charge in [0.1, 0.15) is 0 Å². The van der Waals surface area contributed by atoms with Gasteiger partial charge in [-0.25, -0.2) is 0 Å². The summed E-state index contributed by atoms with van der Waals surface area (Å²) in [7, 11) is 2.08. The van der Waals surface area contributed by atoms with Crippen LogP contribution in [-0.2, 0) is 9.53 Å². The number of rotatable bonds is 3. The Bertz CT molecular complexity index is 362. The van der Waals surface area contributed by atoms with E-state index in [1.54, 1.807) is 0 Å². The van der Waals surface area contributed by atoms with Crippen molar-refractivity contribution in [2.24, 2.45) is 16.7 Å². The highest BCUT2D eigenvalue weighted by Gasteiger charge is 2.44. The predicted octanol–water partition coefficient (Wildman–Crippen LogP) is 2.62. The summed E-state index contributed by atoms with van der Waals surface area (Å²) in [4.78, 5) is 13.6. The SMILES string of the molecule is CN(C1CC(C)(C)CC(C)(C)C1)C1COCC1C(=O)O. The molecule has 0 amide bonds. The smallest absolute Gasteiger partial charge is 0.310 e. The van der Waals surface area contributed by atoms with Crippen LogP contribution < -0.4 is 0 Å². The van der Waals surface area contributed by atoms with E-state index in [1.807, 2.05) is 0 Å². The van der Waals surface area contributed by atoms with E-state index in [0.717, 1.165) is 12.8 Å². The Morgan fingerprint density at radius 3 is 2.20 bits per heavy atom. The first-order chi connectivity index (χ1) is 9.11. The van der Waals surface area contributed by atoms with Crippen LogP contribution in [0.15, 0.2) is 0 Å².